The lowest BCUT2D eigenvalue weighted by molar-refractivity contribution is -0.107. The first kappa shape index (κ1) is 54.6. The highest BCUT2D eigenvalue weighted by Crippen LogP contribution is 2.44. The molecule has 2 bridgehead atoms. The van der Waals surface area contributed by atoms with Gasteiger partial charge in [-0.3, -0.25) is 19.5 Å². The summed E-state index contributed by atoms with van der Waals surface area (Å²) in [5.41, 5.74) is 8.31. The minimum absolute atomic E-state index is 0.0311. The highest BCUT2D eigenvalue weighted by Gasteiger charge is 2.46. The SMILES string of the molecule is C#Cc1cccc2cc(O)cc(-c3ccc4c(N(C=O)CCCOCC)nc(OCC56CCCN5CCC6)nc4c3C)c12.Cc1c(-c2cc(O)cc3ccccc23)ccc2c(N3CC4CCC(C3)N4)nc(OCC34CCCN3CCC4)nc12. The second-order valence-corrected chi connectivity index (χ2v) is 24.0. The van der Waals surface area contributed by atoms with E-state index in [1.54, 1.807) is 17.0 Å². The molecular formula is C68H75N9O6. The summed E-state index contributed by atoms with van der Waals surface area (Å²) in [5, 5.41) is 30.7. The van der Waals surface area contributed by atoms with Crippen molar-refractivity contribution in [1.29, 1.82) is 0 Å². The van der Waals surface area contributed by atoms with E-state index < -0.39 is 0 Å². The molecule has 15 nitrogen and oxygen atoms in total. The molecule has 83 heavy (non-hydrogen) atoms. The predicted octanol–water partition coefficient (Wildman–Crippen LogP) is 11.3. The van der Waals surface area contributed by atoms with E-state index in [1.165, 1.54) is 64.5 Å². The van der Waals surface area contributed by atoms with Crippen LogP contribution in [0.4, 0.5) is 11.6 Å². The third-order valence-electron chi connectivity index (χ3n) is 19.1. The van der Waals surface area contributed by atoms with E-state index in [0.717, 1.165) is 128 Å². The Morgan fingerprint density at radius 1 is 0.687 bits per heavy atom. The summed E-state index contributed by atoms with van der Waals surface area (Å²) in [7, 11) is 0. The molecule has 6 fully saturated rings. The van der Waals surface area contributed by atoms with Crippen molar-refractivity contribution in [2.45, 2.75) is 115 Å². The Hall–Kier alpha value is -7.61. The van der Waals surface area contributed by atoms with Gasteiger partial charge in [0.25, 0.3) is 0 Å². The molecule has 2 aromatic heterocycles. The van der Waals surface area contributed by atoms with Crippen LogP contribution >= 0.6 is 0 Å². The van der Waals surface area contributed by atoms with Crippen molar-refractivity contribution in [1.82, 2.24) is 35.1 Å². The largest absolute Gasteiger partial charge is 0.508 e. The number of hydrogen-bond acceptors (Lipinski definition) is 14. The highest BCUT2D eigenvalue weighted by molar-refractivity contribution is 6.06. The number of aromatic nitrogens is 4. The third kappa shape index (κ3) is 10.3. The van der Waals surface area contributed by atoms with Crippen LogP contribution in [0.3, 0.4) is 0 Å². The quantitative estimate of drug-likeness (QED) is 0.0476. The number of nitrogens with zero attached hydrogens (tertiary/aromatic N) is 8. The number of phenols is 2. The molecule has 1 amide bonds. The van der Waals surface area contributed by atoms with Gasteiger partial charge in [-0.25, -0.2) is 0 Å². The van der Waals surface area contributed by atoms with E-state index in [0.29, 0.717) is 68.8 Å². The molecule has 2 atom stereocenters. The first-order valence-corrected chi connectivity index (χ1v) is 30.2. The first-order chi connectivity index (χ1) is 40.5. The second-order valence-electron chi connectivity index (χ2n) is 24.0. The number of piperazine rings is 1. The predicted molar refractivity (Wildman–Crippen MR) is 329 cm³/mol. The van der Waals surface area contributed by atoms with Gasteiger partial charge in [-0.15, -0.1) is 6.42 Å². The molecule has 0 saturated carbocycles. The molecule has 2 unspecified atom stereocenters. The molecule has 8 heterocycles. The number of terminal acetylenes is 1. The van der Waals surface area contributed by atoms with E-state index in [2.05, 4.69) is 63.2 Å². The lowest BCUT2D eigenvalue weighted by Gasteiger charge is -2.35. The maximum atomic E-state index is 12.4. The van der Waals surface area contributed by atoms with Crippen LogP contribution in [0.5, 0.6) is 23.5 Å². The van der Waals surface area contributed by atoms with Gasteiger partial charge in [0.15, 0.2) is 0 Å². The molecule has 15 heteroatoms. The molecule has 0 radical (unpaired) electrons. The number of anilines is 2. The molecular weight excluding hydrogens is 1040 g/mol. The zero-order valence-corrected chi connectivity index (χ0v) is 48.1. The number of ether oxygens (including phenoxy) is 3. The Bertz CT molecular complexity index is 3790. The van der Waals surface area contributed by atoms with Crippen LogP contribution in [0.1, 0.15) is 94.2 Å². The van der Waals surface area contributed by atoms with Gasteiger partial charge in [0.05, 0.1) is 22.1 Å². The standard InChI is InChI=1S/C35H38N4O4.C33H37N5O2/c1-4-25-10-6-11-26-20-27(41)21-30(31(25)26)28-12-13-29-32(24(28)3)36-34(37-33(29)38(23-40)16-9-19-42-5-2)43-22-35-14-7-17-39(35)18-8-15-35;1-21-26(29-17-25(39)16-22-6-2-3-7-27(22)29)10-11-28-30(21)35-32(40-20-33-12-4-14-38(33)15-5-13-33)36-31(28)37-18-23-8-9-24(19-37)34-23/h1,6,10-13,20-21,23,41H,5,7-9,14-19,22H2,2-3H3;2-3,6-7,10-11,16-17,23-24,34,39H,4-5,8-9,12-15,18-20H2,1H3. The summed E-state index contributed by atoms with van der Waals surface area (Å²) in [6.45, 7) is 15.4. The molecule has 6 saturated heterocycles. The minimum Gasteiger partial charge on any atom is -0.508 e. The summed E-state index contributed by atoms with van der Waals surface area (Å²) in [4.78, 5) is 41.6. The van der Waals surface area contributed by atoms with Crippen LogP contribution in [0.2, 0.25) is 0 Å². The van der Waals surface area contributed by atoms with E-state index in [-0.39, 0.29) is 28.6 Å². The third-order valence-corrected chi connectivity index (χ3v) is 19.1. The highest BCUT2D eigenvalue weighted by atomic mass is 16.5. The van der Waals surface area contributed by atoms with Crippen LogP contribution in [0.15, 0.2) is 91.0 Å². The maximum absolute atomic E-state index is 12.4. The Kier molecular flexibility index (Phi) is 15.0. The van der Waals surface area contributed by atoms with Crippen LogP contribution < -0.4 is 24.6 Å². The van der Waals surface area contributed by atoms with Crippen molar-refractivity contribution in [3.05, 3.63) is 108 Å². The molecule has 6 aromatic carbocycles. The summed E-state index contributed by atoms with van der Waals surface area (Å²) < 4.78 is 18.5. The molecule has 14 rings (SSSR count). The van der Waals surface area contributed by atoms with Gasteiger partial charge < -0.3 is 34.6 Å². The summed E-state index contributed by atoms with van der Waals surface area (Å²) in [5.74, 6) is 4.73. The molecule has 0 spiro atoms. The monoisotopic (exact) mass is 1110 g/mol. The number of benzene rings is 6. The number of carbonyl (C=O) groups excluding carboxylic acids is 1. The average Bonchev–Trinajstić information content (AvgIpc) is 3.64. The van der Waals surface area contributed by atoms with Gasteiger partial charge >= 0.3 is 12.0 Å². The molecule has 8 aromatic rings. The molecule has 428 valence electrons. The van der Waals surface area contributed by atoms with Crippen LogP contribution in [0, 0.1) is 26.2 Å². The lowest BCUT2D eigenvalue weighted by Crippen LogP contribution is -2.51. The number of rotatable bonds is 16. The van der Waals surface area contributed by atoms with Gasteiger partial charge in [0, 0.05) is 66.7 Å². The number of aryl methyl sites for hydroxylation is 2. The molecule has 3 N–H and O–H groups in total. The normalized spacial score (nSPS) is 19.7. The van der Waals surface area contributed by atoms with Crippen molar-refractivity contribution in [2.75, 3.05) is 82.0 Å². The Labute approximate surface area is 486 Å². The first-order valence-electron chi connectivity index (χ1n) is 30.2. The summed E-state index contributed by atoms with van der Waals surface area (Å²) in [6.07, 6.45) is 19.3. The van der Waals surface area contributed by atoms with Crippen molar-refractivity contribution in [3.8, 4) is 58.1 Å². The average molecular weight is 1110 g/mol. The maximum Gasteiger partial charge on any atom is 0.319 e. The fourth-order valence-corrected chi connectivity index (χ4v) is 15.0. The molecule has 0 aliphatic carbocycles. The van der Waals surface area contributed by atoms with E-state index in [4.69, 9.17) is 40.6 Å². The van der Waals surface area contributed by atoms with Crippen molar-refractivity contribution in [2.24, 2.45) is 0 Å². The Balaban J connectivity index is 0.000000156. The Morgan fingerprint density at radius 3 is 1.90 bits per heavy atom. The van der Waals surface area contributed by atoms with E-state index >= 15 is 0 Å². The smallest absolute Gasteiger partial charge is 0.319 e. The topological polar surface area (TPSA) is 162 Å². The van der Waals surface area contributed by atoms with Crippen molar-refractivity contribution >= 4 is 61.4 Å². The fourth-order valence-electron chi connectivity index (χ4n) is 15.0. The summed E-state index contributed by atoms with van der Waals surface area (Å²) >= 11 is 0. The summed E-state index contributed by atoms with van der Waals surface area (Å²) in [6, 6.07) is 31.2. The van der Waals surface area contributed by atoms with Gasteiger partial charge in [-0.05, 0) is 210 Å². The van der Waals surface area contributed by atoms with Gasteiger partial charge in [0.1, 0.15) is 36.3 Å². The number of hydrogen-bond donors (Lipinski definition) is 3. The van der Waals surface area contributed by atoms with Crippen LogP contribution in [0.25, 0.3) is 65.6 Å². The van der Waals surface area contributed by atoms with E-state index in [9.17, 15) is 15.0 Å². The van der Waals surface area contributed by atoms with Gasteiger partial charge in [0.2, 0.25) is 6.41 Å². The number of nitrogens with one attached hydrogen (secondary N) is 1. The second kappa shape index (κ2) is 22.9. The van der Waals surface area contributed by atoms with Crippen molar-refractivity contribution < 1.29 is 29.2 Å². The number of aromatic hydroxyl groups is 2. The van der Waals surface area contributed by atoms with Crippen molar-refractivity contribution in [3.63, 3.8) is 0 Å². The van der Waals surface area contributed by atoms with Crippen LogP contribution in [-0.4, -0.2) is 142 Å². The van der Waals surface area contributed by atoms with E-state index in [1.807, 2.05) is 62.4 Å². The number of amides is 1. The number of carbonyl (C=O) groups is 1. The van der Waals surface area contributed by atoms with Gasteiger partial charge in [-0.1, -0.05) is 54.5 Å². The minimum atomic E-state index is 0.0311. The van der Waals surface area contributed by atoms with Crippen LogP contribution in [-0.2, 0) is 9.53 Å². The van der Waals surface area contributed by atoms with Gasteiger partial charge in [-0.2, -0.15) is 19.9 Å². The Morgan fingerprint density at radius 2 is 1.27 bits per heavy atom. The number of phenolic OH excluding ortho intramolecular Hbond substituents is 2. The zero-order valence-electron chi connectivity index (χ0n) is 48.1. The molecule has 6 aliphatic rings. The number of fused-ring (bicyclic) bond motifs is 8. The lowest BCUT2D eigenvalue weighted by atomic mass is 9.91. The molecule has 6 aliphatic heterocycles. The zero-order chi connectivity index (χ0) is 56.8. The fraction of sp³-hybridized carbons (Fsp3) is 0.426.